The standard InChI is InChI=1S/C15H15NO3/c1-10-8-12(16-17)9-11(2)15(10)19-14-6-4-13(18-3)5-7-14/h4-9H,1-3H3. The van der Waals surface area contributed by atoms with Gasteiger partial charge in [-0.25, -0.2) is 0 Å². The number of aryl methyl sites for hydroxylation is 2. The normalized spacial score (nSPS) is 10.1. The summed E-state index contributed by atoms with van der Waals surface area (Å²) >= 11 is 0. The lowest BCUT2D eigenvalue weighted by atomic mass is 10.1. The number of nitrogens with zero attached hydrogens (tertiary/aromatic N) is 1. The molecule has 98 valence electrons. The fourth-order valence-electron chi connectivity index (χ4n) is 1.90. The van der Waals surface area contributed by atoms with Gasteiger partial charge < -0.3 is 9.47 Å². The SMILES string of the molecule is COc1ccc(Oc2c(C)cc(N=O)cc2C)cc1. The van der Waals surface area contributed by atoms with Crippen LogP contribution >= 0.6 is 0 Å². The summed E-state index contributed by atoms with van der Waals surface area (Å²) in [6.07, 6.45) is 0. The average Bonchev–Trinajstić information content (AvgIpc) is 2.43. The minimum atomic E-state index is 0.414. The maximum Gasteiger partial charge on any atom is 0.133 e. The smallest absolute Gasteiger partial charge is 0.133 e. The van der Waals surface area contributed by atoms with Gasteiger partial charge in [-0.15, -0.1) is 4.91 Å². The van der Waals surface area contributed by atoms with Gasteiger partial charge in [0, 0.05) is 0 Å². The van der Waals surface area contributed by atoms with Gasteiger partial charge in [-0.3, -0.25) is 0 Å². The molecule has 0 aliphatic carbocycles. The average molecular weight is 257 g/mol. The Morgan fingerprint density at radius 2 is 1.47 bits per heavy atom. The Bertz CT molecular complexity index is 568. The number of ether oxygens (including phenoxy) is 2. The van der Waals surface area contributed by atoms with Crippen LogP contribution in [-0.2, 0) is 0 Å². The van der Waals surface area contributed by atoms with Crippen molar-refractivity contribution in [2.24, 2.45) is 5.18 Å². The lowest BCUT2D eigenvalue weighted by molar-refractivity contribution is 0.412. The zero-order valence-electron chi connectivity index (χ0n) is 11.1. The summed E-state index contributed by atoms with van der Waals surface area (Å²) < 4.78 is 10.9. The number of benzene rings is 2. The first-order valence-electron chi connectivity index (χ1n) is 5.90. The van der Waals surface area contributed by atoms with E-state index in [1.807, 2.05) is 38.1 Å². The van der Waals surface area contributed by atoms with Crippen LogP contribution in [0.1, 0.15) is 11.1 Å². The molecule has 0 aromatic heterocycles. The second kappa shape index (κ2) is 5.52. The van der Waals surface area contributed by atoms with Gasteiger partial charge in [-0.05, 0) is 66.5 Å². The molecule has 4 nitrogen and oxygen atoms in total. The maximum absolute atomic E-state index is 10.5. The summed E-state index contributed by atoms with van der Waals surface area (Å²) in [5.41, 5.74) is 2.17. The first-order chi connectivity index (χ1) is 9.13. The van der Waals surface area contributed by atoms with Crippen LogP contribution < -0.4 is 9.47 Å². The molecule has 19 heavy (non-hydrogen) atoms. The van der Waals surface area contributed by atoms with E-state index in [-0.39, 0.29) is 0 Å². The van der Waals surface area contributed by atoms with Crippen LogP contribution in [0, 0.1) is 18.8 Å². The second-order valence-corrected chi connectivity index (χ2v) is 4.28. The fourth-order valence-corrected chi connectivity index (χ4v) is 1.90. The summed E-state index contributed by atoms with van der Waals surface area (Å²) in [4.78, 5) is 10.5. The minimum Gasteiger partial charge on any atom is -0.497 e. The lowest BCUT2D eigenvalue weighted by Gasteiger charge is -2.12. The van der Waals surface area contributed by atoms with Gasteiger partial charge in [-0.1, -0.05) is 0 Å². The van der Waals surface area contributed by atoms with Crippen LogP contribution in [0.3, 0.4) is 0 Å². The van der Waals surface area contributed by atoms with Crippen LogP contribution in [0.25, 0.3) is 0 Å². The molecule has 0 aliphatic heterocycles. The summed E-state index contributed by atoms with van der Waals surface area (Å²) in [7, 11) is 1.62. The van der Waals surface area contributed by atoms with Crippen LogP contribution in [0.2, 0.25) is 0 Å². The Labute approximate surface area is 112 Å². The van der Waals surface area contributed by atoms with E-state index >= 15 is 0 Å². The number of rotatable bonds is 4. The molecule has 4 heteroatoms. The van der Waals surface area contributed by atoms with Crippen molar-refractivity contribution in [1.29, 1.82) is 0 Å². The molecule has 0 bridgehead atoms. The molecule has 2 aromatic rings. The van der Waals surface area contributed by atoms with Crippen molar-refractivity contribution >= 4 is 5.69 Å². The molecule has 0 amide bonds. The molecule has 0 heterocycles. The van der Waals surface area contributed by atoms with E-state index < -0.39 is 0 Å². The largest absolute Gasteiger partial charge is 0.497 e. The predicted molar refractivity (Wildman–Crippen MR) is 74.4 cm³/mol. The third-order valence-corrected chi connectivity index (χ3v) is 2.83. The van der Waals surface area contributed by atoms with Gasteiger partial charge in [0.25, 0.3) is 0 Å². The summed E-state index contributed by atoms with van der Waals surface area (Å²) in [5.74, 6) is 2.25. The summed E-state index contributed by atoms with van der Waals surface area (Å²) in [6, 6.07) is 10.8. The molecule has 0 saturated carbocycles. The highest BCUT2D eigenvalue weighted by molar-refractivity contribution is 5.53. The van der Waals surface area contributed by atoms with Gasteiger partial charge in [0.15, 0.2) is 0 Å². The van der Waals surface area contributed by atoms with E-state index in [0.29, 0.717) is 5.69 Å². The van der Waals surface area contributed by atoms with Crippen molar-refractivity contribution in [3.8, 4) is 17.2 Å². The van der Waals surface area contributed by atoms with E-state index in [9.17, 15) is 4.91 Å². The van der Waals surface area contributed by atoms with Crippen molar-refractivity contribution in [3.05, 3.63) is 52.4 Å². The molecule has 0 unspecified atom stereocenters. The van der Waals surface area contributed by atoms with Crippen LogP contribution in [0.5, 0.6) is 17.2 Å². The van der Waals surface area contributed by atoms with E-state index in [4.69, 9.17) is 9.47 Å². The van der Waals surface area contributed by atoms with Crippen molar-refractivity contribution < 1.29 is 9.47 Å². The van der Waals surface area contributed by atoms with Crippen molar-refractivity contribution in [2.45, 2.75) is 13.8 Å². The quantitative estimate of drug-likeness (QED) is 0.757. The third kappa shape index (κ3) is 2.91. The first kappa shape index (κ1) is 13.1. The highest BCUT2D eigenvalue weighted by Crippen LogP contribution is 2.32. The van der Waals surface area contributed by atoms with Crippen molar-refractivity contribution in [3.63, 3.8) is 0 Å². The van der Waals surface area contributed by atoms with E-state index in [1.54, 1.807) is 19.2 Å². The van der Waals surface area contributed by atoms with E-state index in [1.165, 1.54) is 0 Å². The zero-order chi connectivity index (χ0) is 13.8. The highest BCUT2D eigenvalue weighted by atomic mass is 16.5. The third-order valence-electron chi connectivity index (χ3n) is 2.83. The highest BCUT2D eigenvalue weighted by Gasteiger charge is 2.08. The number of nitroso groups, excluding NO2 is 1. The minimum absolute atomic E-state index is 0.414. The molecule has 0 spiro atoms. The Morgan fingerprint density at radius 1 is 0.947 bits per heavy atom. The van der Waals surface area contributed by atoms with E-state index in [0.717, 1.165) is 28.4 Å². The van der Waals surface area contributed by atoms with Gasteiger partial charge in [0.1, 0.15) is 22.9 Å². The Balaban J connectivity index is 2.29. The summed E-state index contributed by atoms with van der Waals surface area (Å²) in [5, 5.41) is 2.94. The molecule has 0 atom stereocenters. The molecule has 0 aliphatic rings. The maximum atomic E-state index is 10.5. The van der Waals surface area contributed by atoms with Crippen LogP contribution in [0.4, 0.5) is 5.69 Å². The lowest BCUT2D eigenvalue weighted by Crippen LogP contribution is -1.91. The van der Waals surface area contributed by atoms with Gasteiger partial charge in [0.2, 0.25) is 0 Å². The second-order valence-electron chi connectivity index (χ2n) is 4.28. The monoisotopic (exact) mass is 257 g/mol. The molecule has 0 radical (unpaired) electrons. The molecular formula is C15H15NO3. The van der Waals surface area contributed by atoms with Gasteiger partial charge in [-0.2, -0.15) is 0 Å². The molecule has 2 aromatic carbocycles. The van der Waals surface area contributed by atoms with Gasteiger partial charge in [0.05, 0.1) is 7.11 Å². The molecule has 0 N–H and O–H groups in total. The van der Waals surface area contributed by atoms with E-state index in [2.05, 4.69) is 5.18 Å². The molecule has 0 fully saturated rings. The van der Waals surface area contributed by atoms with Crippen LogP contribution in [-0.4, -0.2) is 7.11 Å². The Morgan fingerprint density at radius 3 is 1.95 bits per heavy atom. The zero-order valence-corrected chi connectivity index (χ0v) is 11.1. The summed E-state index contributed by atoms with van der Waals surface area (Å²) in [6.45, 7) is 3.78. The predicted octanol–water partition coefficient (Wildman–Crippen LogP) is 4.50. The van der Waals surface area contributed by atoms with Gasteiger partial charge >= 0.3 is 0 Å². The number of hydrogen-bond donors (Lipinski definition) is 0. The van der Waals surface area contributed by atoms with Crippen molar-refractivity contribution in [1.82, 2.24) is 0 Å². The number of hydrogen-bond acceptors (Lipinski definition) is 4. The first-order valence-corrected chi connectivity index (χ1v) is 5.90. The molecular weight excluding hydrogens is 242 g/mol. The fraction of sp³-hybridized carbons (Fsp3) is 0.200. The number of methoxy groups -OCH3 is 1. The molecule has 2 rings (SSSR count). The van der Waals surface area contributed by atoms with Crippen LogP contribution in [0.15, 0.2) is 41.6 Å². The topological polar surface area (TPSA) is 47.9 Å². The Hall–Kier alpha value is -2.36. The van der Waals surface area contributed by atoms with Crippen molar-refractivity contribution in [2.75, 3.05) is 7.11 Å². The molecule has 0 saturated heterocycles. The Kier molecular flexibility index (Phi) is 3.80.